The molecule has 0 spiro atoms. The van der Waals surface area contributed by atoms with Gasteiger partial charge in [0.15, 0.2) is 0 Å². The molecule has 0 bridgehead atoms. The van der Waals surface area contributed by atoms with Gasteiger partial charge in [0.25, 0.3) is 0 Å². The van der Waals surface area contributed by atoms with Gasteiger partial charge in [0.05, 0.1) is 6.54 Å². The number of benzene rings is 1. The average molecular weight is 361 g/mol. The molecule has 1 aromatic carbocycles. The lowest BCUT2D eigenvalue weighted by atomic mass is 9.96. The Morgan fingerprint density at radius 1 is 1.12 bits per heavy atom. The Labute approximate surface area is 156 Å². The molecular formula is C20H32N4O2. The van der Waals surface area contributed by atoms with E-state index in [1.54, 1.807) is 0 Å². The Morgan fingerprint density at radius 3 is 2.42 bits per heavy atom. The molecular weight excluding hydrogens is 328 g/mol. The van der Waals surface area contributed by atoms with E-state index in [9.17, 15) is 9.59 Å². The van der Waals surface area contributed by atoms with Crippen LogP contribution in [0.5, 0.6) is 0 Å². The summed E-state index contributed by atoms with van der Waals surface area (Å²) in [6.45, 7) is 8.09. The van der Waals surface area contributed by atoms with Crippen LogP contribution in [-0.4, -0.2) is 37.6 Å². The van der Waals surface area contributed by atoms with E-state index in [-0.39, 0.29) is 24.5 Å². The molecule has 144 valence electrons. The van der Waals surface area contributed by atoms with Crippen LogP contribution in [0.4, 0.5) is 16.2 Å². The predicted octanol–water partition coefficient (Wildman–Crippen LogP) is 3.41. The van der Waals surface area contributed by atoms with Gasteiger partial charge in [0.2, 0.25) is 5.91 Å². The first kappa shape index (κ1) is 20.1. The van der Waals surface area contributed by atoms with Crippen molar-refractivity contribution < 1.29 is 9.59 Å². The van der Waals surface area contributed by atoms with E-state index in [1.165, 1.54) is 6.42 Å². The van der Waals surface area contributed by atoms with Crippen molar-refractivity contribution in [2.45, 2.75) is 58.9 Å². The molecule has 6 nitrogen and oxygen atoms in total. The van der Waals surface area contributed by atoms with Crippen LogP contribution in [0, 0.1) is 6.92 Å². The van der Waals surface area contributed by atoms with E-state index in [1.807, 2.05) is 19.1 Å². The quantitative estimate of drug-likeness (QED) is 0.698. The number of amides is 3. The molecule has 0 radical (unpaired) electrons. The van der Waals surface area contributed by atoms with Crippen molar-refractivity contribution in [2.75, 3.05) is 29.9 Å². The lowest BCUT2D eigenvalue weighted by Crippen LogP contribution is -2.45. The first-order valence-electron chi connectivity index (χ1n) is 9.73. The van der Waals surface area contributed by atoms with Crippen LogP contribution >= 0.6 is 0 Å². The van der Waals surface area contributed by atoms with Gasteiger partial charge in [-0.15, -0.1) is 0 Å². The molecule has 1 aliphatic rings. The van der Waals surface area contributed by atoms with E-state index >= 15 is 0 Å². The largest absolute Gasteiger partial charge is 0.372 e. The minimum absolute atomic E-state index is 0.0320. The zero-order valence-electron chi connectivity index (χ0n) is 16.2. The van der Waals surface area contributed by atoms with Crippen molar-refractivity contribution in [3.05, 3.63) is 23.8 Å². The van der Waals surface area contributed by atoms with Crippen LogP contribution in [0.1, 0.15) is 51.5 Å². The van der Waals surface area contributed by atoms with Gasteiger partial charge in [-0.2, -0.15) is 0 Å². The van der Waals surface area contributed by atoms with Gasteiger partial charge in [-0.1, -0.05) is 19.3 Å². The molecule has 0 atom stereocenters. The highest BCUT2D eigenvalue weighted by Crippen LogP contribution is 2.22. The normalized spacial score (nSPS) is 14.6. The molecule has 0 unspecified atom stereocenters. The molecule has 1 fully saturated rings. The third-order valence-corrected chi connectivity index (χ3v) is 4.96. The SMILES string of the molecule is CCN(CC)c1ccc(NC(=O)CNC(=O)NC2CCCCC2)c(C)c1. The van der Waals surface area contributed by atoms with Crippen molar-refractivity contribution >= 4 is 23.3 Å². The fourth-order valence-corrected chi connectivity index (χ4v) is 3.41. The van der Waals surface area contributed by atoms with Crippen molar-refractivity contribution in [3.8, 4) is 0 Å². The van der Waals surface area contributed by atoms with E-state index in [4.69, 9.17) is 0 Å². The van der Waals surface area contributed by atoms with Crippen LogP contribution in [-0.2, 0) is 4.79 Å². The minimum Gasteiger partial charge on any atom is -0.372 e. The van der Waals surface area contributed by atoms with E-state index in [0.29, 0.717) is 0 Å². The molecule has 2 rings (SSSR count). The molecule has 3 N–H and O–H groups in total. The summed E-state index contributed by atoms with van der Waals surface area (Å²) in [6, 6.07) is 5.98. The second kappa shape index (κ2) is 10.0. The van der Waals surface area contributed by atoms with Crippen molar-refractivity contribution in [1.82, 2.24) is 10.6 Å². The Balaban J connectivity index is 1.80. The number of anilines is 2. The van der Waals surface area contributed by atoms with Gasteiger partial charge < -0.3 is 20.9 Å². The van der Waals surface area contributed by atoms with Gasteiger partial charge in [-0.3, -0.25) is 4.79 Å². The fraction of sp³-hybridized carbons (Fsp3) is 0.600. The predicted molar refractivity (Wildman–Crippen MR) is 107 cm³/mol. The standard InChI is InChI=1S/C20H32N4O2/c1-4-24(5-2)17-11-12-18(15(3)13-17)23-19(25)14-21-20(26)22-16-9-7-6-8-10-16/h11-13,16H,4-10,14H2,1-3H3,(H,23,25)(H2,21,22,26). The number of urea groups is 1. The Hall–Kier alpha value is -2.24. The lowest BCUT2D eigenvalue weighted by molar-refractivity contribution is -0.115. The highest BCUT2D eigenvalue weighted by Gasteiger charge is 2.16. The van der Waals surface area contributed by atoms with Gasteiger partial charge in [0, 0.05) is 30.5 Å². The number of rotatable bonds is 7. The second-order valence-electron chi connectivity index (χ2n) is 6.88. The summed E-state index contributed by atoms with van der Waals surface area (Å²) in [4.78, 5) is 26.3. The minimum atomic E-state index is -0.263. The first-order chi connectivity index (χ1) is 12.5. The summed E-state index contributed by atoms with van der Waals surface area (Å²) in [5.41, 5.74) is 2.94. The maximum absolute atomic E-state index is 12.1. The van der Waals surface area contributed by atoms with Crippen molar-refractivity contribution in [2.24, 2.45) is 0 Å². The monoisotopic (exact) mass is 360 g/mol. The summed E-state index contributed by atoms with van der Waals surface area (Å²) in [5.74, 6) is -0.220. The number of carbonyl (C=O) groups excluding carboxylic acids is 2. The highest BCUT2D eigenvalue weighted by atomic mass is 16.2. The van der Waals surface area contributed by atoms with Gasteiger partial charge >= 0.3 is 6.03 Å². The third kappa shape index (κ3) is 5.93. The summed E-state index contributed by atoms with van der Waals surface area (Å²) in [6.07, 6.45) is 5.62. The molecule has 3 amide bonds. The topological polar surface area (TPSA) is 73.5 Å². The van der Waals surface area contributed by atoms with Crippen molar-refractivity contribution in [3.63, 3.8) is 0 Å². The average Bonchev–Trinajstić information content (AvgIpc) is 2.64. The van der Waals surface area contributed by atoms with E-state index < -0.39 is 0 Å². The molecule has 1 saturated carbocycles. The van der Waals surface area contributed by atoms with Gasteiger partial charge in [-0.25, -0.2) is 4.79 Å². The van der Waals surface area contributed by atoms with Gasteiger partial charge in [0.1, 0.15) is 0 Å². The summed E-state index contributed by atoms with van der Waals surface area (Å²) < 4.78 is 0. The molecule has 0 heterocycles. The summed E-state index contributed by atoms with van der Waals surface area (Å²) in [7, 11) is 0. The molecule has 0 aliphatic heterocycles. The van der Waals surface area contributed by atoms with Crippen LogP contribution in [0.3, 0.4) is 0 Å². The van der Waals surface area contributed by atoms with Crippen LogP contribution in [0.2, 0.25) is 0 Å². The smallest absolute Gasteiger partial charge is 0.315 e. The van der Waals surface area contributed by atoms with E-state index in [0.717, 1.165) is 55.7 Å². The molecule has 1 aliphatic carbocycles. The van der Waals surface area contributed by atoms with Crippen molar-refractivity contribution in [1.29, 1.82) is 0 Å². The maximum Gasteiger partial charge on any atom is 0.315 e. The van der Waals surface area contributed by atoms with Crippen LogP contribution in [0.15, 0.2) is 18.2 Å². The first-order valence-corrected chi connectivity index (χ1v) is 9.73. The number of nitrogens with one attached hydrogen (secondary N) is 3. The van der Waals surface area contributed by atoms with E-state index in [2.05, 4.69) is 40.8 Å². The molecule has 0 aromatic heterocycles. The zero-order valence-corrected chi connectivity index (χ0v) is 16.2. The number of hydrogen-bond donors (Lipinski definition) is 3. The molecule has 0 saturated heterocycles. The number of carbonyl (C=O) groups is 2. The third-order valence-electron chi connectivity index (χ3n) is 4.96. The summed E-state index contributed by atoms with van der Waals surface area (Å²) >= 11 is 0. The van der Waals surface area contributed by atoms with Crippen LogP contribution < -0.4 is 20.9 Å². The molecule has 26 heavy (non-hydrogen) atoms. The Bertz CT molecular complexity index is 608. The fourth-order valence-electron chi connectivity index (χ4n) is 3.41. The number of aryl methyl sites for hydroxylation is 1. The Kier molecular flexibility index (Phi) is 7.75. The maximum atomic E-state index is 12.1. The lowest BCUT2D eigenvalue weighted by Gasteiger charge is -2.23. The zero-order chi connectivity index (χ0) is 18.9. The van der Waals surface area contributed by atoms with Crippen LogP contribution in [0.25, 0.3) is 0 Å². The van der Waals surface area contributed by atoms with Gasteiger partial charge in [-0.05, 0) is 57.4 Å². The number of hydrogen-bond acceptors (Lipinski definition) is 3. The summed E-state index contributed by atoms with van der Waals surface area (Å²) in [5, 5.41) is 8.47. The second-order valence-corrected chi connectivity index (χ2v) is 6.88. The highest BCUT2D eigenvalue weighted by molar-refractivity contribution is 5.95. The molecule has 6 heteroatoms. The number of nitrogens with zero attached hydrogens (tertiary/aromatic N) is 1. The molecule has 1 aromatic rings. The Morgan fingerprint density at radius 2 is 1.81 bits per heavy atom.